The lowest BCUT2D eigenvalue weighted by Gasteiger charge is -2.17. The summed E-state index contributed by atoms with van der Waals surface area (Å²) >= 11 is -1.91. The van der Waals surface area contributed by atoms with Crippen molar-refractivity contribution in [2.45, 2.75) is 12.5 Å². The van der Waals surface area contributed by atoms with E-state index in [4.69, 9.17) is 5.11 Å². The van der Waals surface area contributed by atoms with Crippen molar-refractivity contribution in [3.8, 4) is 5.75 Å². The predicted octanol–water partition coefficient (Wildman–Crippen LogP) is -0.625. The van der Waals surface area contributed by atoms with Gasteiger partial charge in [0.15, 0.2) is 5.82 Å². The number of rotatable bonds is 2. The fourth-order valence-electron chi connectivity index (χ4n) is 2.39. The van der Waals surface area contributed by atoms with Gasteiger partial charge in [-0.3, -0.25) is 13.8 Å². The lowest BCUT2D eigenvalue weighted by atomic mass is 10.1. The minimum absolute atomic E-state index is 0.167. The molecule has 0 aliphatic carbocycles. The highest BCUT2D eigenvalue weighted by atomic mass is 32.2. The second-order valence-corrected chi connectivity index (χ2v) is 5.77. The highest BCUT2D eigenvalue weighted by molar-refractivity contribution is 7.85. The molecule has 0 aromatic heterocycles. The van der Waals surface area contributed by atoms with Gasteiger partial charge in [0.25, 0.3) is 5.91 Å². The lowest BCUT2D eigenvalue weighted by Crippen LogP contribution is -2.24. The van der Waals surface area contributed by atoms with E-state index in [1.165, 1.54) is 6.07 Å². The molecule has 108 valence electrons. The topological polar surface area (TPSA) is 102 Å². The van der Waals surface area contributed by atoms with Crippen LogP contribution in [0.5, 0.6) is 5.75 Å². The third kappa shape index (κ3) is 1.90. The minimum Gasteiger partial charge on any atom is -0.506 e. The molecule has 20 heavy (non-hydrogen) atoms. The summed E-state index contributed by atoms with van der Waals surface area (Å²) < 4.78 is 29.3. The Morgan fingerprint density at radius 1 is 1.55 bits per heavy atom. The van der Waals surface area contributed by atoms with Gasteiger partial charge < -0.3 is 15.5 Å². The number of aliphatic hydroxyl groups excluding tert-OH is 1. The zero-order valence-corrected chi connectivity index (χ0v) is 11.0. The maximum atomic E-state index is 14.5. The van der Waals surface area contributed by atoms with E-state index in [1.54, 1.807) is 0 Å². The molecule has 2 aliphatic heterocycles. The molecule has 2 unspecified atom stereocenters. The molecule has 4 N–H and O–H groups in total. The van der Waals surface area contributed by atoms with Crippen molar-refractivity contribution >= 4 is 28.5 Å². The molecular weight excluding hydrogens is 289 g/mol. The molecule has 7 nitrogen and oxygen atoms in total. The van der Waals surface area contributed by atoms with Crippen LogP contribution in [0.15, 0.2) is 6.07 Å². The van der Waals surface area contributed by atoms with Crippen LogP contribution in [0.4, 0.5) is 15.8 Å². The van der Waals surface area contributed by atoms with Crippen LogP contribution >= 0.6 is 0 Å². The van der Waals surface area contributed by atoms with E-state index in [0.717, 1.165) is 4.31 Å². The van der Waals surface area contributed by atoms with Gasteiger partial charge in [-0.25, -0.2) is 8.60 Å². The maximum absolute atomic E-state index is 14.5. The van der Waals surface area contributed by atoms with E-state index in [1.807, 2.05) is 0 Å². The van der Waals surface area contributed by atoms with Gasteiger partial charge in [-0.05, 0) is 6.42 Å². The first-order valence-corrected chi connectivity index (χ1v) is 7.02. The van der Waals surface area contributed by atoms with E-state index in [-0.39, 0.29) is 31.3 Å². The number of hydrogen-bond acceptors (Lipinski definition) is 5. The number of nitrogens with one attached hydrogen (secondary N) is 2. The van der Waals surface area contributed by atoms with Crippen LogP contribution in [-0.4, -0.2) is 39.5 Å². The molecule has 1 saturated heterocycles. The quantitative estimate of drug-likeness (QED) is 0.583. The Kier molecular flexibility index (Phi) is 3.02. The van der Waals surface area contributed by atoms with Crippen LogP contribution in [0, 0.1) is 5.82 Å². The fourth-order valence-corrected chi connectivity index (χ4v) is 3.34. The maximum Gasteiger partial charge on any atom is 0.253 e. The van der Waals surface area contributed by atoms with E-state index in [2.05, 4.69) is 10.0 Å². The molecule has 3 rings (SSSR count). The number of phenolic OH excluding ortho intramolecular Hbond substituents is 1. The van der Waals surface area contributed by atoms with Gasteiger partial charge >= 0.3 is 0 Å². The Morgan fingerprint density at radius 2 is 2.30 bits per heavy atom. The molecule has 9 heteroatoms. The van der Waals surface area contributed by atoms with Crippen LogP contribution in [0.3, 0.4) is 0 Å². The molecular formula is C11H12FN3O4S. The normalized spacial score (nSPS) is 24.5. The number of amides is 1. The van der Waals surface area contributed by atoms with Gasteiger partial charge in [-0.15, -0.1) is 0 Å². The first kappa shape index (κ1) is 13.1. The van der Waals surface area contributed by atoms with Gasteiger partial charge in [0, 0.05) is 17.3 Å². The van der Waals surface area contributed by atoms with Gasteiger partial charge in [-0.2, -0.15) is 0 Å². The molecule has 0 bridgehead atoms. The summed E-state index contributed by atoms with van der Waals surface area (Å²) in [5.74, 6) is -1.64. The zero-order chi connectivity index (χ0) is 14.4. The molecule has 2 aliphatic rings. The number of carbonyl (C=O) groups is 1. The van der Waals surface area contributed by atoms with Crippen LogP contribution < -0.4 is 14.3 Å². The van der Waals surface area contributed by atoms with Gasteiger partial charge in [0.1, 0.15) is 18.0 Å². The number of nitrogens with zero attached hydrogens (tertiary/aromatic N) is 1. The average molecular weight is 301 g/mol. The second kappa shape index (κ2) is 4.60. The number of aliphatic hydroxyl groups is 1. The highest BCUT2D eigenvalue weighted by Crippen LogP contribution is 2.41. The number of halogens is 1. The number of fused-ring (bicyclic) bond motifs is 1. The molecule has 0 spiro atoms. The van der Waals surface area contributed by atoms with Crippen LogP contribution in [0.2, 0.25) is 0 Å². The second-order valence-electron chi connectivity index (χ2n) is 4.62. The van der Waals surface area contributed by atoms with E-state index >= 15 is 0 Å². The summed E-state index contributed by atoms with van der Waals surface area (Å²) in [6.45, 7) is -0.452. The van der Waals surface area contributed by atoms with Crippen molar-refractivity contribution < 1.29 is 23.6 Å². The third-order valence-electron chi connectivity index (χ3n) is 3.29. The van der Waals surface area contributed by atoms with Crippen LogP contribution in [-0.2, 0) is 22.4 Å². The number of phenols is 1. The van der Waals surface area contributed by atoms with E-state index in [9.17, 15) is 18.5 Å². The van der Waals surface area contributed by atoms with E-state index < -0.39 is 28.6 Å². The molecule has 1 amide bonds. The molecule has 1 fully saturated rings. The van der Waals surface area contributed by atoms with Crippen molar-refractivity contribution in [1.29, 1.82) is 0 Å². The number of carbonyl (C=O) groups excluding carboxylic acids is 1. The highest BCUT2D eigenvalue weighted by Gasteiger charge is 2.35. The Labute approximate surface area is 116 Å². The van der Waals surface area contributed by atoms with Crippen molar-refractivity contribution in [3.63, 3.8) is 0 Å². The first-order chi connectivity index (χ1) is 9.51. The lowest BCUT2D eigenvalue weighted by molar-refractivity contribution is -0.117. The molecule has 1 aromatic carbocycles. The largest absolute Gasteiger partial charge is 0.506 e. The summed E-state index contributed by atoms with van der Waals surface area (Å²) in [5, 5.41) is 21.9. The Balaban J connectivity index is 2.06. The molecule has 2 heterocycles. The number of anilines is 2. The SMILES string of the molecule is O=C1CN(c2c(O)cc3c(c2F)CC(CO)N3)S(=O)N1. The monoisotopic (exact) mass is 301 g/mol. The zero-order valence-electron chi connectivity index (χ0n) is 10.2. The van der Waals surface area contributed by atoms with Gasteiger partial charge in [0.2, 0.25) is 11.2 Å². The Bertz CT molecular complexity index is 624. The van der Waals surface area contributed by atoms with Crippen molar-refractivity contribution in [3.05, 3.63) is 17.4 Å². The average Bonchev–Trinajstić information content (AvgIpc) is 2.93. The van der Waals surface area contributed by atoms with Crippen molar-refractivity contribution in [1.82, 2.24) is 4.72 Å². The number of benzene rings is 1. The van der Waals surface area contributed by atoms with E-state index in [0.29, 0.717) is 11.3 Å². The van der Waals surface area contributed by atoms with Gasteiger partial charge in [0.05, 0.1) is 12.6 Å². The van der Waals surface area contributed by atoms with Crippen LogP contribution in [0.25, 0.3) is 0 Å². The first-order valence-electron chi connectivity index (χ1n) is 5.92. The summed E-state index contributed by atoms with van der Waals surface area (Å²) in [5.41, 5.74) is 0.432. The standard InChI is InChI=1S/C11H12FN3O4S/c12-10-6-1-5(4-16)13-7(6)2-8(17)11(10)15-3-9(18)14-20(15)19/h2,5,13,16-17H,1,3-4H2,(H,14,18). The minimum atomic E-state index is -1.91. The van der Waals surface area contributed by atoms with Crippen molar-refractivity contribution in [2.24, 2.45) is 0 Å². The fraction of sp³-hybridized carbons (Fsp3) is 0.364. The summed E-state index contributed by atoms with van der Waals surface area (Å²) in [6.07, 6.45) is 0.257. The Hall–Kier alpha value is -1.87. The number of hydrogen-bond donors (Lipinski definition) is 4. The molecule has 0 radical (unpaired) electrons. The summed E-state index contributed by atoms with van der Waals surface area (Å²) in [7, 11) is 0. The molecule has 1 aromatic rings. The summed E-state index contributed by atoms with van der Waals surface area (Å²) in [4.78, 5) is 11.2. The molecule has 2 atom stereocenters. The van der Waals surface area contributed by atoms with Gasteiger partial charge in [-0.1, -0.05) is 0 Å². The summed E-state index contributed by atoms with van der Waals surface area (Å²) in [6, 6.07) is 0.988. The van der Waals surface area contributed by atoms with Crippen molar-refractivity contribution in [2.75, 3.05) is 22.8 Å². The Morgan fingerprint density at radius 3 is 2.90 bits per heavy atom. The third-order valence-corrected chi connectivity index (χ3v) is 4.40. The number of aromatic hydroxyl groups is 1. The smallest absolute Gasteiger partial charge is 0.253 e. The molecule has 0 saturated carbocycles. The predicted molar refractivity (Wildman–Crippen MR) is 69.9 cm³/mol. The van der Waals surface area contributed by atoms with Crippen LogP contribution in [0.1, 0.15) is 5.56 Å².